The predicted octanol–water partition coefficient (Wildman–Crippen LogP) is 4.61. The van der Waals surface area contributed by atoms with Gasteiger partial charge in [-0.2, -0.15) is 0 Å². The smallest absolute Gasteiger partial charge is 0.257 e. The molecule has 0 aromatic heterocycles. The van der Waals surface area contributed by atoms with Crippen LogP contribution in [0.15, 0.2) is 36.4 Å². The van der Waals surface area contributed by atoms with Gasteiger partial charge in [0.1, 0.15) is 0 Å². The van der Waals surface area contributed by atoms with E-state index in [-0.39, 0.29) is 5.91 Å². The summed E-state index contributed by atoms with van der Waals surface area (Å²) >= 11 is 5.94. The highest BCUT2D eigenvalue weighted by Gasteiger charge is 2.15. The molecule has 0 atom stereocenters. The van der Waals surface area contributed by atoms with Gasteiger partial charge in [0, 0.05) is 16.4 Å². The quantitative estimate of drug-likeness (QED) is 0.814. The number of hydrogen-bond acceptors (Lipinski definition) is 2. The van der Waals surface area contributed by atoms with Crippen LogP contribution in [0.5, 0.6) is 0 Å². The third-order valence-corrected chi connectivity index (χ3v) is 3.66. The molecule has 0 spiro atoms. The zero-order valence-corrected chi connectivity index (χ0v) is 13.2. The summed E-state index contributed by atoms with van der Waals surface area (Å²) in [6.45, 7) is 6.17. The van der Waals surface area contributed by atoms with Gasteiger partial charge in [0.25, 0.3) is 5.91 Å². The van der Waals surface area contributed by atoms with E-state index in [1.54, 1.807) is 18.2 Å². The molecule has 2 aromatic carbocycles. The molecule has 1 amide bonds. The van der Waals surface area contributed by atoms with Crippen LogP contribution in [0.3, 0.4) is 0 Å². The van der Waals surface area contributed by atoms with Crippen molar-refractivity contribution in [2.45, 2.75) is 26.7 Å². The second-order valence-electron chi connectivity index (χ2n) is 5.38. The average molecular weight is 303 g/mol. The second kappa shape index (κ2) is 6.19. The van der Waals surface area contributed by atoms with E-state index < -0.39 is 0 Å². The standard InChI is InChI=1S/C17H19ClN2O/c1-10(2)13-6-4-5-11(3)16(13)20-17(21)14-9-12(18)7-8-15(14)19/h4-10H,19H2,1-3H3,(H,20,21). The number of para-hydroxylation sites is 1. The van der Waals surface area contributed by atoms with E-state index in [1.165, 1.54) is 0 Å². The molecule has 21 heavy (non-hydrogen) atoms. The number of carbonyl (C=O) groups is 1. The van der Waals surface area contributed by atoms with Gasteiger partial charge < -0.3 is 11.1 Å². The van der Waals surface area contributed by atoms with E-state index in [2.05, 4.69) is 19.2 Å². The molecule has 0 radical (unpaired) electrons. The second-order valence-corrected chi connectivity index (χ2v) is 5.82. The van der Waals surface area contributed by atoms with E-state index >= 15 is 0 Å². The molecule has 3 nitrogen and oxygen atoms in total. The average Bonchev–Trinajstić information content (AvgIpc) is 2.43. The van der Waals surface area contributed by atoms with E-state index in [4.69, 9.17) is 17.3 Å². The monoisotopic (exact) mass is 302 g/mol. The fraction of sp³-hybridized carbons (Fsp3) is 0.235. The number of aryl methyl sites for hydroxylation is 1. The van der Waals surface area contributed by atoms with Gasteiger partial charge in [-0.25, -0.2) is 0 Å². The van der Waals surface area contributed by atoms with E-state index in [0.717, 1.165) is 16.8 Å². The molecule has 0 aliphatic heterocycles. The summed E-state index contributed by atoms with van der Waals surface area (Å²) in [5.41, 5.74) is 9.63. The van der Waals surface area contributed by atoms with Gasteiger partial charge in [0.05, 0.1) is 5.56 Å². The molecule has 110 valence electrons. The van der Waals surface area contributed by atoms with Crippen molar-refractivity contribution in [3.05, 3.63) is 58.1 Å². The Morgan fingerprint density at radius 2 is 1.95 bits per heavy atom. The lowest BCUT2D eigenvalue weighted by atomic mass is 9.98. The Bertz CT molecular complexity index is 680. The first-order valence-electron chi connectivity index (χ1n) is 6.86. The number of rotatable bonds is 3. The Balaban J connectivity index is 2.38. The molecule has 0 fully saturated rings. The predicted molar refractivity (Wildman–Crippen MR) is 89.1 cm³/mol. The van der Waals surface area contributed by atoms with Crippen molar-refractivity contribution in [2.24, 2.45) is 0 Å². The Kier molecular flexibility index (Phi) is 4.53. The highest BCUT2D eigenvalue weighted by Crippen LogP contribution is 2.28. The molecule has 0 unspecified atom stereocenters. The summed E-state index contributed by atoms with van der Waals surface area (Å²) in [7, 11) is 0. The number of hydrogen-bond donors (Lipinski definition) is 2. The number of nitrogens with two attached hydrogens (primary N) is 1. The molecule has 2 rings (SSSR count). The number of nitrogen functional groups attached to an aromatic ring is 1. The van der Waals surface area contributed by atoms with Crippen molar-refractivity contribution >= 4 is 28.9 Å². The zero-order chi connectivity index (χ0) is 15.6. The van der Waals surface area contributed by atoms with Crippen molar-refractivity contribution in [1.29, 1.82) is 0 Å². The van der Waals surface area contributed by atoms with Gasteiger partial charge in [-0.1, -0.05) is 43.6 Å². The third kappa shape index (κ3) is 3.37. The van der Waals surface area contributed by atoms with Crippen LogP contribution in [0.25, 0.3) is 0 Å². The van der Waals surface area contributed by atoms with Crippen LogP contribution in [0.4, 0.5) is 11.4 Å². The fourth-order valence-corrected chi connectivity index (χ4v) is 2.42. The summed E-state index contributed by atoms with van der Waals surface area (Å²) < 4.78 is 0. The topological polar surface area (TPSA) is 55.1 Å². The minimum Gasteiger partial charge on any atom is -0.398 e. The van der Waals surface area contributed by atoms with Crippen LogP contribution >= 0.6 is 11.6 Å². The molecule has 4 heteroatoms. The Morgan fingerprint density at radius 1 is 1.24 bits per heavy atom. The molecule has 2 aromatic rings. The zero-order valence-electron chi connectivity index (χ0n) is 12.4. The van der Waals surface area contributed by atoms with Crippen molar-refractivity contribution in [3.8, 4) is 0 Å². The largest absolute Gasteiger partial charge is 0.398 e. The van der Waals surface area contributed by atoms with Gasteiger partial charge in [-0.05, 0) is 42.2 Å². The lowest BCUT2D eigenvalue weighted by molar-refractivity contribution is 0.102. The number of carbonyl (C=O) groups excluding carboxylic acids is 1. The molecular weight excluding hydrogens is 284 g/mol. The van der Waals surface area contributed by atoms with Crippen LogP contribution in [-0.2, 0) is 0 Å². The molecular formula is C17H19ClN2O. The maximum atomic E-state index is 12.5. The van der Waals surface area contributed by atoms with Crippen molar-refractivity contribution in [3.63, 3.8) is 0 Å². The fourth-order valence-electron chi connectivity index (χ4n) is 2.25. The first-order chi connectivity index (χ1) is 9.90. The first kappa shape index (κ1) is 15.4. The summed E-state index contributed by atoms with van der Waals surface area (Å²) in [6, 6.07) is 10.9. The molecule has 0 heterocycles. The SMILES string of the molecule is Cc1cccc(C(C)C)c1NC(=O)c1cc(Cl)ccc1N. The Morgan fingerprint density at radius 3 is 2.62 bits per heavy atom. The first-order valence-corrected chi connectivity index (χ1v) is 7.24. The molecule has 0 aliphatic rings. The van der Waals surface area contributed by atoms with Gasteiger partial charge in [0.2, 0.25) is 0 Å². The summed E-state index contributed by atoms with van der Waals surface area (Å²) in [5, 5.41) is 3.46. The lowest BCUT2D eigenvalue weighted by Gasteiger charge is -2.17. The molecule has 0 bridgehead atoms. The van der Waals surface area contributed by atoms with Crippen LogP contribution < -0.4 is 11.1 Å². The van der Waals surface area contributed by atoms with Gasteiger partial charge in [0.15, 0.2) is 0 Å². The van der Waals surface area contributed by atoms with Crippen LogP contribution in [0.1, 0.15) is 41.3 Å². The lowest BCUT2D eigenvalue weighted by Crippen LogP contribution is -2.16. The number of nitrogens with one attached hydrogen (secondary N) is 1. The van der Waals surface area contributed by atoms with Crippen LogP contribution in [0.2, 0.25) is 5.02 Å². The maximum absolute atomic E-state index is 12.5. The molecule has 0 saturated heterocycles. The Hall–Kier alpha value is -2.00. The Labute approximate surface area is 130 Å². The number of amides is 1. The minimum absolute atomic E-state index is 0.244. The number of anilines is 2. The van der Waals surface area contributed by atoms with E-state index in [1.807, 2.05) is 25.1 Å². The molecule has 0 aliphatic carbocycles. The molecule has 0 saturated carbocycles. The van der Waals surface area contributed by atoms with Crippen LogP contribution in [0, 0.1) is 6.92 Å². The highest BCUT2D eigenvalue weighted by atomic mass is 35.5. The minimum atomic E-state index is -0.244. The maximum Gasteiger partial charge on any atom is 0.257 e. The van der Waals surface area contributed by atoms with Crippen molar-refractivity contribution in [2.75, 3.05) is 11.1 Å². The highest BCUT2D eigenvalue weighted by molar-refractivity contribution is 6.31. The molecule has 3 N–H and O–H groups in total. The summed E-state index contributed by atoms with van der Waals surface area (Å²) in [4.78, 5) is 12.5. The van der Waals surface area contributed by atoms with Gasteiger partial charge in [-0.3, -0.25) is 4.79 Å². The van der Waals surface area contributed by atoms with Gasteiger partial charge >= 0.3 is 0 Å². The van der Waals surface area contributed by atoms with E-state index in [9.17, 15) is 4.79 Å². The normalized spacial score (nSPS) is 10.7. The summed E-state index contributed by atoms with van der Waals surface area (Å²) in [5.74, 6) is 0.0723. The number of benzene rings is 2. The van der Waals surface area contributed by atoms with Gasteiger partial charge in [-0.15, -0.1) is 0 Å². The van der Waals surface area contributed by atoms with E-state index in [0.29, 0.717) is 22.2 Å². The van der Waals surface area contributed by atoms with Crippen molar-refractivity contribution in [1.82, 2.24) is 0 Å². The van der Waals surface area contributed by atoms with Crippen molar-refractivity contribution < 1.29 is 4.79 Å². The number of halogens is 1. The van der Waals surface area contributed by atoms with Crippen LogP contribution in [-0.4, -0.2) is 5.91 Å². The third-order valence-electron chi connectivity index (χ3n) is 3.43. The summed E-state index contributed by atoms with van der Waals surface area (Å²) in [6.07, 6.45) is 0.